The molecule has 2 aromatic carbocycles. The summed E-state index contributed by atoms with van der Waals surface area (Å²) >= 11 is 0. The highest BCUT2D eigenvalue weighted by atomic mass is 19.2. The van der Waals surface area contributed by atoms with Crippen LogP contribution in [-0.4, -0.2) is 6.61 Å². The fourth-order valence-electron chi connectivity index (χ4n) is 4.44. The van der Waals surface area contributed by atoms with Crippen LogP contribution in [0.5, 0.6) is 5.75 Å². The first kappa shape index (κ1) is 18.9. The van der Waals surface area contributed by atoms with Gasteiger partial charge >= 0.3 is 0 Å². The molecule has 2 aromatic rings. The monoisotopic (exact) mass is 358 g/mol. The van der Waals surface area contributed by atoms with Gasteiger partial charge in [0.15, 0.2) is 11.6 Å². The zero-order chi connectivity index (χ0) is 18.6. The highest BCUT2D eigenvalue weighted by Gasteiger charge is 2.36. The first-order valence-corrected chi connectivity index (χ1v) is 9.83. The lowest BCUT2D eigenvalue weighted by molar-refractivity contribution is 0.261. The van der Waals surface area contributed by atoms with Gasteiger partial charge in [0.25, 0.3) is 0 Å². The van der Waals surface area contributed by atoms with Crippen molar-refractivity contribution in [3.8, 4) is 16.9 Å². The molecule has 0 amide bonds. The van der Waals surface area contributed by atoms with Crippen molar-refractivity contribution in [2.45, 2.75) is 64.2 Å². The number of benzene rings is 2. The van der Waals surface area contributed by atoms with E-state index in [1.165, 1.54) is 6.42 Å². The summed E-state index contributed by atoms with van der Waals surface area (Å²) in [7, 11) is 0. The van der Waals surface area contributed by atoms with Crippen LogP contribution < -0.4 is 4.74 Å². The molecule has 1 aliphatic carbocycles. The molecule has 0 radical (unpaired) electrons. The molecule has 3 rings (SSSR count). The van der Waals surface area contributed by atoms with E-state index in [1.807, 2.05) is 13.0 Å². The number of hydrogen-bond donors (Lipinski definition) is 0. The van der Waals surface area contributed by atoms with Crippen molar-refractivity contribution in [1.29, 1.82) is 0 Å². The molecule has 1 fully saturated rings. The fraction of sp³-hybridized carbons (Fsp3) is 0.478. The Kier molecular flexibility index (Phi) is 5.95. The van der Waals surface area contributed by atoms with Crippen molar-refractivity contribution < 1.29 is 13.5 Å². The first-order valence-electron chi connectivity index (χ1n) is 9.83. The van der Waals surface area contributed by atoms with E-state index in [1.54, 1.807) is 30.3 Å². The van der Waals surface area contributed by atoms with Crippen molar-refractivity contribution in [3.05, 3.63) is 53.6 Å². The van der Waals surface area contributed by atoms with Gasteiger partial charge in [-0.3, -0.25) is 0 Å². The average Bonchev–Trinajstić information content (AvgIpc) is 2.66. The summed E-state index contributed by atoms with van der Waals surface area (Å²) in [6.07, 6.45) is 7.22. The van der Waals surface area contributed by atoms with E-state index in [4.69, 9.17) is 4.74 Å². The van der Waals surface area contributed by atoms with E-state index in [9.17, 15) is 4.39 Å². The lowest BCUT2D eigenvalue weighted by Crippen LogP contribution is -2.30. The number of ether oxygens (including phenoxy) is 1. The highest BCUT2D eigenvalue weighted by molar-refractivity contribution is 5.65. The minimum atomic E-state index is -0.729. The third-order valence-electron chi connectivity index (χ3n) is 5.67. The molecule has 0 unspecified atom stereocenters. The van der Waals surface area contributed by atoms with Gasteiger partial charge in [0, 0.05) is 5.56 Å². The standard InChI is InChI=1S/C23H28F2O/c1-3-14-23(15-6-5-7-16-23)20-13-12-19(21(24)22(20)25)17-8-10-18(11-9-17)26-4-2/h8-13H,3-7,14-16H2,1-2H3. The molecule has 0 spiro atoms. The van der Waals surface area contributed by atoms with E-state index in [2.05, 4.69) is 6.92 Å². The Labute approximate surface area is 155 Å². The van der Waals surface area contributed by atoms with Crippen molar-refractivity contribution in [2.75, 3.05) is 6.61 Å². The molecule has 0 atom stereocenters. The van der Waals surface area contributed by atoms with Crippen LogP contribution in [0.4, 0.5) is 8.78 Å². The summed E-state index contributed by atoms with van der Waals surface area (Å²) < 4.78 is 35.5. The molecule has 1 nitrogen and oxygen atoms in total. The van der Waals surface area contributed by atoms with Gasteiger partial charge in [-0.05, 0) is 54.9 Å². The average molecular weight is 358 g/mol. The minimum Gasteiger partial charge on any atom is -0.494 e. The van der Waals surface area contributed by atoms with Crippen LogP contribution in [0.3, 0.4) is 0 Å². The molecule has 0 aromatic heterocycles. The van der Waals surface area contributed by atoms with Crippen LogP contribution in [0.15, 0.2) is 36.4 Å². The van der Waals surface area contributed by atoms with Gasteiger partial charge in [0.2, 0.25) is 0 Å². The Morgan fingerprint density at radius 1 is 0.885 bits per heavy atom. The lowest BCUT2D eigenvalue weighted by Gasteiger charge is -2.38. The Bertz CT molecular complexity index is 725. The predicted octanol–water partition coefficient (Wildman–Crippen LogP) is 7.03. The van der Waals surface area contributed by atoms with Crippen LogP contribution in [0, 0.1) is 11.6 Å². The molecule has 26 heavy (non-hydrogen) atoms. The molecule has 0 aliphatic heterocycles. The quantitative estimate of drug-likeness (QED) is 0.538. The molecule has 140 valence electrons. The summed E-state index contributed by atoms with van der Waals surface area (Å²) in [5.41, 5.74) is 1.36. The number of hydrogen-bond acceptors (Lipinski definition) is 1. The minimum absolute atomic E-state index is 0.199. The van der Waals surface area contributed by atoms with E-state index in [0.717, 1.165) is 44.3 Å². The van der Waals surface area contributed by atoms with Crippen molar-refractivity contribution in [2.24, 2.45) is 0 Å². The SMILES string of the molecule is CCCC1(c2ccc(-c3ccc(OCC)cc3)c(F)c2F)CCCCC1. The third kappa shape index (κ3) is 3.62. The van der Waals surface area contributed by atoms with Gasteiger partial charge < -0.3 is 4.74 Å². The molecule has 0 saturated heterocycles. The summed E-state index contributed by atoms with van der Waals surface area (Å²) in [4.78, 5) is 0. The number of rotatable bonds is 6. The predicted molar refractivity (Wildman–Crippen MR) is 103 cm³/mol. The second kappa shape index (κ2) is 8.20. The van der Waals surface area contributed by atoms with Gasteiger partial charge in [0.05, 0.1) is 6.61 Å². The van der Waals surface area contributed by atoms with E-state index in [0.29, 0.717) is 23.3 Å². The Hall–Kier alpha value is -1.90. The van der Waals surface area contributed by atoms with E-state index in [-0.39, 0.29) is 5.41 Å². The zero-order valence-corrected chi connectivity index (χ0v) is 15.8. The van der Waals surface area contributed by atoms with Crippen molar-refractivity contribution >= 4 is 0 Å². The molecule has 0 N–H and O–H groups in total. The van der Waals surface area contributed by atoms with Crippen molar-refractivity contribution in [1.82, 2.24) is 0 Å². The highest BCUT2D eigenvalue weighted by Crippen LogP contribution is 2.45. The maximum atomic E-state index is 15.1. The second-order valence-corrected chi connectivity index (χ2v) is 7.34. The summed E-state index contributed by atoms with van der Waals surface area (Å²) in [6.45, 7) is 4.62. The molecular formula is C23H28F2O. The topological polar surface area (TPSA) is 9.23 Å². The summed E-state index contributed by atoms with van der Waals surface area (Å²) in [5, 5.41) is 0. The largest absolute Gasteiger partial charge is 0.494 e. The zero-order valence-electron chi connectivity index (χ0n) is 15.8. The first-order chi connectivity index (χ1) is 12.6. The maximum absolute atomic E-state index is 15.1. The normalized spacial score (nSPS) is 16.5. The Morgan fingerprint density at radius 3 is 2.19 bits per heavy atom. The number of halogens is 2. The Morgan fingerprint density at radius 2 is 1.58 bits per heavy atom. The van der Waals surface area contributed by atoms with Gasteiger partial charge in [-0.2, -0.15) is 0 Å². The summed E-state index contributed by atoms with van der Waals surface area (Å²) in [6, 6.07) is 10.7. The van der Waals surface area contributed by atoms with Crippen molar-refractivity contribution in [3.63, 3.8) is 0 Å². The van der Waals surface area contributed by atoms with Crippen LogP contribution >= 0.6 is 0 Å². The van der Waals surface area contributed by atoms with Crippen LogP contribution in [0.1, 0.15) is 64.4 Å². The smallest absolute Gasteiger partial charge is 0.166 e. The Balaban J connectivity index is 1.97. The maximum Gasteiger partial charge on any atom is 0.166 e. The van der Waals surface area contributed by atoms with Gasteiger partial charge in [-0.25, -0.2) is 8.78 Å². The van der Waals surface area contributed by atoms with E-state index < -0.39 is 11.6 Å². The van der Waals surface area contributed by atoms with Crippen LogP contribution in [0.25, 0.3) is 11.1 Å². The van der Waals surface area contributed by atoms with Gasteiger partial charge in [-0.1, -0.05) is 56.9 Å². The van der Waals surface area contributed by atoms with Crippen LogP contribution in [-0.2, 0) is 5.41 Å². The molecule has 0 bridgehead atoms. The fourth-order valence-corrected chi connectivity index (χ4v) is 4.44. The molecule has 1 saturated carbocycles. The van der Waals surface area contributed by atoms with Gasteiger partial charge in [-0.15, -0.1) is 0 Å². The lowest BCUT2D eigenvalue weighted by atomic mass is 9.66. The second-order valence-electron chi connectivity index (χ2n) is 7.34. The van der Waals surface area contributed by atoms with Gasteiger partial charge in [0.1, 0.15) is 5.75 Å². The molecule has 3 heteroatoms. The molecule has 1 aliphatic rings. The van der Waals surface area contributed by atoms with E-state index >= 15 is 4.39 Å². The molecular weight excluding hydrogens is 330 g/mol. The summed E-state index contributed by atoms with van der Waals surface area (Å²) in [5.74, 6) is -0.655. The van der Waals surface area contributed by atoms with Crippen LogP contribution in [0.2, 0.25) is 0 Å². The molecule has 0 heterocycles. The third-order valence-corrected chi connectivity index (χ3v) is 5.67.